The van der Waals surface area contributed by atoms with E-state index in [1.165, 1.54) is 0 Å². The lowest BCUT2D eigenvalue weighted by molar-refractivity contribution is -0.138. The van der Waals surface area contributed by atoms with E-state index < -0.39 is 17.9 Å². The Morgan fingerprint density at radius 2 is 2.00 bits per heavy atom. The summed E-state index contributed by atoms with van der Waals surface area (Å²) in [5.41, 5.74) is 9.81. The monoisotopic (exact) mass is 145 g/mol. The lowest BCUT2D eigenvalue weighted by atomic mass is 9.93. The maximum Gasteiger partial charge on any atom is 0.320 e. The third-order valence-electron chi connectivity index (χ3n) is 1.02. The summed E-state index contributed by atoms with van der Waals surface area (Å²) in [7, 11) is 0. The first-order chi connectivity index (χ1) is 4.54. The van der Waals surface area contributed by atoms with E-state index in [2.05, 4.69) is 0 Å². The number of hydrogen-bond acceptors (Lipinski definition) is 3. The highest BCUT2D eigenvalue weighted by Crippen LogP contribution is 1.92. The Hall–Kier alpha value is -1.10. The molecular formula is C5H10N2O3. The van der Waals surface area contributed by atoms with Crippen LogP contribution in [0, 0.1) is 0 Å². The summed E-state index contributed by atoms with van der Waals surface area (Å²) in [4.78, 5) is 20.1. The van der Waals surface area contributed by atoms with E-state index in [-0.39, 0.29) is 12.8 Å². The Morgan fingerprint density at radius 3 is 2.30 bits per heavy atom. The van der Waals surface area contributed by atoms with Gasteiger partial charge in [-0.1, -0.05) is 0 Å². The predicted molar refractivity (Wildman–Crippen MR) is 34.0 cm³/mol. The second-order valence-electron chi connectivity index (χ2n) is 1.95. The van der Waals surface area contributed by atoms with E-state index in [0.29, 0.717) is 0 Å². The molecule has 0 aliphatic heterocycles. The Balaban J connectivity index is 3.49. The highest BCUT2D eigenvalue weighted by molar-refractivity contribution is 5.76. The molecule has 5 heteroatoms. The fraction of sp³-hybridized carbons (Fsp3) is 0.600. The Bertz CT molecular complexity index is 146. The molecule has 5 nitrogen and oxygen atoms in total. The van der Waals surface area contributed by atoms with Gasteiger partial charge in [0, 0.05) is 6.42 Å². The molecule has 10 heavy (non-hydrogen) atoms. The molecule has 0 rings (SSSR count). The summed E-state index contributed by atoms with van der Waals surface area (Å²) in [5, 5.41) is 8.22. The van der Waals surface area contributed by atoms with Gasteiger partial charge in [-0.15, -0.1) is 0 Å². The Kier molecular flexibility index (Phi) is 3.42. The zero-order valence-corrected chi connectivity index (χ0v) is 5.41. The van der Waals surface area contributed by atoms with Gasteiger partial charge in [-0.05, 0) is 6.42 Å². The fourth-order valence-corrected chi connectivity index (χ4v) is 0.421. The summed E-state index contributed by atoms with van der Waals surface area (Å²) in [6.45, 7) is 0. The quantitative estimate of drug-likeness (QED) is 0.455. The smallest absolute Gasteiger partial charge is 0.320 e. The van der Waals surface area contributed by atoms with Crippen LogP contribution in [0.2, 0.25) is 0 Å². The molecule has 0 saturated carbocycles. The van der Waals surface area contributed by atoms with E-state index >= 15 is 0 Å². The normalized spacial score (nSPS) is 12.5. The molecule has 0 saturated heterocycles. The first-order valence-electron chi connectivity index (χ1n) is 2.80. The Morgan fingerprint density at radius 1 is 1.50 bits per heavy atom. The van der Waals surface area contributed by atoms with Crippen LogP contribution in [0.3, 0.4) is 0 Å². The maximum absolute atomic E-state index is 10.1. The summed E-state index contributed by atoms with van der Waals surface area (Å²) in [6, 6.07) is -0.979. The first kappa shape index (κ1) is 8.90. The van der Waals surface area contributed by atoms with Crippen LogP contribution in [-0.2, 0) is 9.59 Å². The lowest BCUT2D eigenvalue weighted by Gasteiger charge is -2.01. The number of nitrogens with two attached hydrogens (primary N) is 2. The number of primary amides is 1. The van der Waals surface area contributed by atoms with Crippen molar-refractivity contribution < 1.29 is 14.7 Å². The van der Waals surface area contributed by atoms with E-state index in [0.717, 1.165) is 0 Å². The molecule has 5 N–H and O–H groups in total. The lowest BCUT2D eigenvalue weighted by Crippen LogP contribution is -2.31. The molecule has 0 fully saturated rings. The Labute approximate surface area is 58.0 Å². The van der Waals surface area contributed by atoms with Crippen molar-refractivity contribution in [3.05, 3.63) is 0 Å². The minimum absolute atomic E-state index is 0.0213. The standard InChI is InChI=1S/C5H10N2O3/c6-3(5(9)10)1-2-4(7)8/h3H,1-2,6H2,(H2,7,8)(H,9,10)/t3-/m0/s1/i4-1. The predicted octanol–water partition coefficient (Wildman–Crippen LogP) is -1.34. The molecule has 0 radical (unpaired) electrons. The largest absolute Gasteiger partial charge is 0.480 e. The average Bonchev–Trinajstić information content (AvgIpc) is 1.82. The second kappa shape index (κ2) is 3.84. The maximum atomic E-state index is 10.1. The molecule has 1 amide bonds. The number of amides is 1. The van der Waals surface area contributed by atoms with Crippen molar-refractivity contribution in [2.45, 2.75) is 18.9 Å². The van der Waals surface area contributed by atoms with Crippen LogP contribution < -0.4 is 11.5 Å². The SMILES string of the molecule is N[C@@H](CC[11C](N)=O)C(=O)O. The highest BCUT2D eigenvalue weighted by Gasteiger charge is 2.11. The molecule has 0 unspecified atom stereocenters. The van der Waals surface area contributed by atoms with Crippen molar-refractivity contribution >= 4 is 11.9 Å². The van der Waals surface area contributed by atoms with Gasteiger partial charge in [-0.2, -0.15) is 0 Å². The van der Waals surface area contributed by atoms with Crippen LogP contribution >= 0.6 is 0 Å². The molecule has 0 aliphatic rings. The molecule has 0 heterocycles. The first-order valence-corrected chi connectivity index (χ1v) is 2.80. The van der Waals surface area contributed by atoms with Crippen LogP contribution in [0.15, 0.2) is 0 Å². The van der Waals surface area contributed by atoms with Gasteiger partial charge < -0.3 is 16.6 Å². The van der Waals surface area contributed by atoms with E-state index in [1.807, 2.05) is 0 Å². The topological polar surface area (TPSA) is 106 Å². The third kappa shape index (κ3) is 3.85. The van der Waals surface area contributed by atoms with Gasteiger partial charge in [0.15, 0.2) is 0 Å². The summed E-state index contributed by atoms with van der Waals surface area (Å²) >= 11 is 0. The van der Waals surface area contributed by atoms with Crippen LogP contribution in [0.1, 0.15) is 12.8 Å². The van der Waals surface area contributed by atoms with Gasteiger partial charge in [-0.3, -0.25) is 9.59 Å². The van der Waals surface area contributed by atoms with Crippen molar-refractivity contribution in [2.24, 2.45) is 11.5 Å². The number of hydrogen-bond donors (Lipinski definition) is 3. The summed E-state index contributed by atoms with van der Waals surface area (Å²) in [5.74, 6) is -1.64. The number of aliphatic carboxylic acids is 1. The molecule has 0 bridgehead atoms. The van der Waals surface area contributed by atoms with Gasteiger partial charge in [0.05, 0.1) is 0 Å². The van der Waals surface area contributed by atoms with Gasteiger partial charge in [0.2, 0.25) is 5.91 Å². The second-order valence-corrected chi connectivity index (χ2v) is 1.95. The van der Waals surface area contributed by atoms with Crippen LogP contribution in [0.4, 0.5) is 0 Å². The van der Waals surface area contributed by atoms with Gasteiger partial charge in [0.25, 0.3) is 0 Å². The van der Waals surface area contributed by atoms with Gasteiger partial charge in [0.1, 0.15) is 6.04 Å². The minimum Gasteiger partial charge on any atom is -0.480 e. The number of carbonyl (C=O) groups excluding carboxylic acids is 1. The molecule has 0 aromatic carbocycles. The molecule has 58 valence electrons. The summed E-state index contributed by atoms with van der Waals surface area (Å²) < 4.78 is 0. The minimum atomic E-state index is -1.11. The molecule has 0 aromatic heterocycles. The molecule has 0 aromatic rings. The van der Waals surface area contributed by atoms with Gasteiger partial charge in [-0.25, -0.2) is 0 Å². The van der Waals surface area contributed by atoms with Crippen molar-refractivity contribution in [3.63, 3.8) is 0 Å². The summed E-state index contributed by atoms with van der Waals surface area (Å²) in [6.07, 6.45) is 0.123. The molecular weight excluding hydrogens is 135 g/mol. The number of carbonyl (C=O) groups is 2. The van der Waals surface area contributed by atoms with E-state index in [1.54, 1.807) is 0 Å². The van der Waals surface area contributed by atoms with Crippen LogP contribution in [0.25, 0.3) is 0 Å². The average molecular weight is 145 g/mol. The van der Waals surface area contributed by atoms with E-state index in [9.17, 15) is 9.59 Å². The van der Waals surface area contributed by atoms with Crippen molar-refractivity contribution in [3.8, 4) is 0 Å². The fourth-order valence-electron chi connectivity index (χ4n) is 0.421. The zero-order valence-electron chi connectivity index (χ0n) is 5.41. The third-order valence-corrected chi connectivity index (χ3v) is 1.02. The van der Waals surface area contributed by atoms with Crippen LogP contribution in [0.5, 0.6) is 0 Å². The number of carboxylic acid groups (broad SMARTS) is 1. The molecule has 0 aliphatic carbocycles. The number of rotatable bonds is 4. The molecule has 1 atom stereocenters. The highest BCUT2D eigenvalue weighted by atomic mass is 16.4. The number of carboxylic acids is 1. The van der Waals surface area contributed by atoms with Crippen molar-refractivity contribution in [2.75, 3.05) is 0 Å². The zero-order chi connectivity index (χ0) is 8.15. The van der Waals surface area contributed by atoms with Crippen molar-refractivity contribution in [1.82, 2.24) is 0 Å². The van der Waals surface area contributed by atoms with Gasteiger partial charge >= 0.3 is 5.97 Å². The van der Waals surface area contributed by atoms with E-state index in [4.69, 9.17) is 16.6 Å². The molecule has 0 spiro atoms. The van der Waals surface area contributed by atoms with Crippen molar-refractivity contribution in [1.29, 1.82) is 0 Å². The van der Waals surface area contributed by atoms with Crippen LogP contribution in [-0.4, -0.2) is 23.0 Å².